The van der Waals surface area contributed by atoms with E-state index in [0.717, 1.165) is 5.69 Å². The van der Waals surface area contributed by atoms with Gasteiger partial charge in [-0.3, -0.25) is 0 Å². The predicted molar refractivity (Wildman–Crippen MR) is 61.9 cm³/mol. The van der Waals surface area contributed by atoms with Crippen LogP contribution >= 0.6 is 0 Å². The van der Waals surface area contributed by atoms with Crippen molar-refractivity contribution in [2.45, 2.75) is 25.2 Å². The minimum atomic E-state index is -2.52. The first-order chi connectivity index (χ1) is 7.58. The van der Waals surface area contributed by atoms with Gasteiger partial charge in [-0.05, 0) is 18.6 Å². The van der Waals surface area contributed by atoms with Crippen LogP contribution in [0.15, 0.2) is 24.3 Å². The quantitative estimate of drug-likeness (QED) is 0.746. The van der Waals surface area contributed by atoms with Gasteiger partial charge >= 0.3 is 0 Å². The van der Waals surface area contributed by atoms with Crippen molar-refractivity contribution in [1.82, 2.24) is 0 Å². The fraction of sp³-hybridized carbons (Fsp3) is 0.500. The third-order valence-corrected chi connectivity index (χ3v) is 3.00. The molecular formula is C12H16F2N2. The van der Waals surface area contributed by atoms with Crippen LogP contribution in [-0.4, -0.2) is 19.0 Å². The first kappa shape index (κ1) is 11.2. The van der Waals surface area contributed by atoms with Crippen LogP contribution in [0.2, 0.25) is 0 Å². The number of nitrogens with zero attached hydrogens (tertiary/aromatic N) is 1. The molecule has 2 N–H and O–H groups in total. The minimum Gasteiger partial charge on any atom is -0.397 e. The van der Waals surface area contributed by atoms with E-state index in [2.05, 4.69) is 0 Å². The number of halogens is 2. The zero-order chi connectivity index (χ0) is 11.6. The molecule has 16 heavy (non-hydrogen) atoms. The normalized spacial score (nSPS) is 20.5. The Labute approximate surface area is 94.0 Å². The van der Waals surface area contributed by atoms with Crippen LogP contribution in [0.1, 0.15) is 19.3 Å². The number of nitrogen functional groups attached to an aromatic ring is 1. The van der Waals surface area contributed by atoms with E-state index >= 15 is 0 Å². The highest BCUT2D eigenvalue weighted by Crippen LogP contribution is 2.31. The summed E-state index contributed by atoms with van der Waals surface area (Å²) in [5, 5.41) is 0. The molecule has 1 aliphatic heterocycles. The molecule has 1 aromatic carbocycles. The van der Waals surface area contributed by atoms with Gasteiger partial charge in [-0.15, -0.1) is 0 Å². The number of para-hydroxylation sites is 2. The second kappa shape index (κ2) is 4.28. The molecule has 2 nitrogen and oxygen atoms in total. The van der Waals surface area contributed by atoms with Gasteiger partial charge in [0, 0.05) is 25.9 Å². The Morgan fingerprint density at radius 1 is 1.12 bits per heavy atom. The number of nitrogens with two attached hydrogens (primary N) is 1. The zero-order valence-electron chi connectivity index (χ0n) is 9.13. The summed E-state index contributed by atoms with van der Waals surface area (Å²) in [6.07, 6.45) is 0.416. The maximum Gasteiger partial charge on any atom is 0.249 e. The summed E-state index contributed by atoms with van der Waals surface area (Å²) in [5.74, 6) is -2.52. The lowest BCUT2D eigenvalue weighted by Crippen LogP contribution is -2.26. The van der Waals surface area contributed by atoms with Crippen LogP contribution in [0.25, 0.3) is 0 Å². The highest BCUT2D eigenvalue weighted by atomic mass is 19.3. The number of anilines is 2. The lowest BCUT2D eigenvalue weighted by Gasteiger charge is -2.24. The molecule has 2 rings (SSSR count). The lowest BCUT2D eigenvalue weighted by atomic mass is 10.1. The van der Waals surface area contributed by atoms with Crippen molar-refractivity contribution in [2.75, 3.05) is 23.7 Å². The molecule has 0 amide bonds. The first-order valence-electron chi connectivity index (χ1n) is 5.56. The molecule has 1 aliphatic rings. The largest absolute Gasteiger partial charge is 0.397 e. The molecule has 0 aromatic heterocycles. The molecule has 4 heteroatoms. The van der Waals surface area contributed by atoms with Crippen molar-refractivity contribution in [1.29, 1.82) is 0 Å². The average Bonchev–Trinajstić information content (AvgIpc) is 2.40. The van der Waals surface area contributed by atoms with Crippen LogP contribution in [0.4, 0.5) is 20.2 Å². The van der Waals surface area contributed by atoms with Gasteiger partial charge in [0.05, 0.1) is 11.4 Å². The Bertz CT molecular complexity index is 366. The van der Waals surface area contributed by atoms with Crippen LogP contribution in [0.3, 0.4) is 0 Å². The molecule has 0 aliphatic carbocycles. The summed E-state index contributed by atoms with van der Waals surface area (Å²) in [5.41, 5.74) is 7.38. The van der Waals surface area contributed by atoms with Crippen molar-refractivity contribution in [3.63, 3.8) is 0 Å². The number of hydrogen-bond donors (Lipinski definition) is 1. The summed E-state index contributed by atoms with van der Waals surface area (Å²) in [4.78, 5) is 1.95. The Balaban J connectivity index is 2.14. The molecule has 0 unspecified atom stereocenters. The maximum atomic E-state index is 13.2. The summed E-state index contributed by atoms with van der Waals surface area (Å²) < 4.78 is 26.4. The van der Waals surface area contributed by atoms with Crippen LogP contribution in [-0.2, 0) is 0 Å². The van der Waals surface area contributed by atoms with Crippen molar-refractivity contribution >= 4 is 11.4 Å². The maximum absolute atomic E-state index is 13.2. The molecule has 0 radical (unpaired) electrons. The molecule has 0 saturated carbocycles. The van der Waals surface area contributed by atoms with Gasteiger partial charge in [0.1, 0.15) is 0 Å². The molecule has 88 valence electrons. The van der Waals surface area contributed by atoms with E-state index in [4.69, 9.17) is 5.73 Å². The molecule has 0 atom stereocenters. The van der Waals surface area contributed by atoms with Crippen molar-refractivity contribution < 1.29 is 8.78 Å². The molecule has 0 bridgehead atoms. The molecular weight excluding hydrogens is 210 g/mol. The van der Waals surface area contributed by atoms with E-state index < -0.39 is 5.92 Å². The minimum absolute atomic E-state index is 0.0176. The standard InChI is InChI=1S/C12H16F2N2/c13-12(14)6-3-8-16(9-7-12)11-5-2-1-4-10(11)15/h1-2,4-5H,3,6-9,15H2. The Kier molecular flexibility index (Phi) is 2.99. The highest BCUT2D eigenvalue weighted by Gasteiger charge is 2.31. The van der Waals surface area contributed by atoms with E-state index in [0.29, 0.717) is 25.2 Å². The second-order valence-corrected chi connectivity index (χ2v) is 4.26. The topological polar surface area (TPSA) is 29.3 Å². The molecule has 1 heterocycles. The van der Waals surface area contributed by atoms with Gasteiger partial charge < -0.3 is 10.6 Å². The Morgan fingerprint density at radius 3 is 2.62 bits per heavy atom. The van der Waals surface area contributed by atoms with Gasteiger partial charge in [0.25, 0.3) is 0 Å². The molecule has 1 aromatic rings. The smallest absolute Gasteiger partial charge is 0.249 e. The summed E-state index contributed by atoms with van der Waals surface area (Å²) in [7, 11) is 0. The number of alkyl halides is 2. The Hall–Kier alpha value is -1.32. The van der Waals surface area contributed by atoms with Gasteiger partial charge in [-0.1, -0.05) is 12.1 Å². The average molecular weight is 226 g/mol. The van der Waals surface area contributed by atoms with E-state index in [-0.39, 0.29) is 12.8 Å². The number of benzene rings is 1. The second-order valence-electron chi connectivity index (χ2n) is 4.26. The fourth-order valence-electron chi connectivity index (χ4n) is 2.08. The summed E-state index contributed by atoms with van der Waals surface area (Å²) in [6.45, 7) is 1.03. The summed E-state index contributed by atoms with van der Waals surface area (Å²) >= 11 is 0. The lowest BCUT2D eigenvalue weighted by molar-refractivity contribution is -0.0102. The van der Waals surface area contributed by atoms with Crippen LogP contribution < -0.4 is 10.6 Å². The van der Waals surface area contributed by atoms with E-state index in [1.54, 1.807) is 6.07 Å². The third-order valence-electron chi connectivity index (χ3n) is 3.00. The summed E-state index contributed by atoms with van der Waals surface area (Å²) in [6, 6.07) is 7.43. The van der Waals surface area contributed by atoms with Gasteiger partial charge in [-0.2, -0.15) is 0 Å². The highest BCUT2D eigenvalue weighted by molar-refractivity contribution is 5.67. The first-order valence-corrected chi connectivity index (χ1v) is 5.56. The predicted octanol–water partition coefficient (Wildman–Crippen LogP) is 2.89. The monoisotopic (exact) mass is 226 g/mol. The van der Waals surface area contributed by atoms with E-state index in [1.807, 2.05) is 23.1 Å². The van der Waals surface area contributed by atoms with Gasteiger partial charge in [0.15, 0.2) is 0 Å². The third kappa shape index (κ3) is 2.43. The van der Waals surface area contributed by atoms with Gasteiger partial charge in [-0.25, -0.2) is 8.78 Å². The van der Waals surface area contributed by atoms with E-state index in [1.165, 1.54) is 0 Å². The van der Waals surface area contributed by atoms with Crippen molar-refractivity contribution in [3.8, 4) is 0 Å². The van der Waals surface area contributed by atoms with Crippen LogP contribution in [0.5, 0.6) is 0 Å². The molecule has 1 fully saturated rings. The zero-order valence-corrected chi connectivity index (χ0v) is 9.13. The SMILES string of the molecule is Nc1ccccc1N1CCCC(F)(F)CC1. The number of rotatable bonds is 1. The van der Waals surface area contributed by atoms with Crippen LogP contribution in [0, 0.1) is 0 Å². The fourth-order valence-corrected chi connectivity index (χ4v) is 2.08. The Morgan fingerprint density at radius 2 is 1.88 bits per heavy atom. The molecule has 1 saturated heterocycles. The van der Waals surface area contributed by atoms with Crippen molar-refractivity contribution in [2.24, 2.45) is 0 Å². The molecule has 0 spiro atoms. The van der Waals surface area contributed by atoms with Gasteiger partial charge in [0.2, 0.25) is 5.92 Å². The number of hydrogen-bond acceptors (Lipinski definition) is 2. The van der Waals surface area contributed by atoms with Crippen molar-refractivity contribution in [3.05, 3.63) is 24.3 Å². The van der Waals surface area contributed by atoms with E-state index in [9.17, 15) is 8.78 Å².